The maximum Gasteiger partial charge on any atom is 0.178 e. The first kappa shape index (κ1) is 10.4. The highest BCUT2D eigenvalue weighted by atomic mass is 16.1. The monoisotopic (exact) mass is 226 g/mol. The van der Waals surface area contributed by atoms with Gasteiger partial charge in [0.05, 0.1) is 11.4 Å². The van der Waals surface area contributed by atoms with Gasteiger partial charge in [0.2, 0.25) is 0 Å². The fourth-order valence-electron chi connectivity index (χ4n) is 2.47. The Labute approximate surface area is 100 Å². The smallest absolute Gasteiger partial charge is 0.178 e. The molecule has 1 aromatic carbocycles. The summed E-state index contributed by atoms with van der Waals surface area (Å²) in [5.74, 6) is -0.0991. The first-order chi connectivity index (χ1) is 8.00. The van der Waals surface area contributed by atoms with Gasteiger partial charge in [0.1, 0.15) is 5.92 Å². The Hall–Kier alpha value is -1.77. The van der Waals surface area contributed by atoms with Crippen molar-refractivity contribution >= 4 is 17.2 Å². The number of rotatable bonds is 0. The summed E-state index contributed by atoms with van der Waals surface area (Å²) in [6, 6.07) is 7.66. The van der Waals surface area contributed by atoms with E-state index in [-0.39, 0.29) is 17.1 Å². The number of carbonyl (C=O) groups excluding carboxylic acids is 1. The Bertz CT molecular complexity index is 576. The second-order valence-corrected chi connectivity index (χ2v) is 5.56. The highest BCUT2D eigenvalue weighted by Crippen LogP contribution is 2.36. The molecule has 1 atom stereocenters. The van der Waals surface area contributed by atoms with Gasteiger partial charge in [-0.1, -0.05) is 45.0 Å². The van der Waals surface area contributed by atoms with Crippen molar-refractivity contribution in [3.05, 3.63) is 35.4 Å². The molecule has 0 radical (unpaired) electrons. The van der Waals surface area contributed by atoms with Gasteiger partial charge >= 0.3 is 0 Å². The van der Waals surface area contributed by atoms with Crippen LogP contribution < -0.4 is 0 Å². The minimum atomic E-state index is -0.243. The summed E-state index contributed by atoms with van der Waals surface area (Å²) in [5.41, 5.74) is 3.33. The van der Waals surface area contributed by atoms with Gasteiger partial charge < -0.3 is 0 Å². The molecule has 0 amide bonds. The van der Waals surface area contributed by atoms with Crippen molar-refractivity contribution in [3.63, 3.8) is 0 Å². The number of benzene rings is 1. The number of fused-ring (bicyclic) bond motifs is 3. The Kier molecular flexibility index (Phi) is 1.91. The third-order valence-corrected chi connectivity index (χ3v) is 3.31. The molecule has 0 N–H and O–H groups in total. The van der Waals surface area contributed by atoms with E-state index < -0.39 is 0 Å². The molecule has 3 heteroatoms. The average molecular weight is 226 g/mol. The topological polar surface area (TPSA) is 41.8 Å². The zero-order valence-electron chi connectivity index (χ0n) is 10.2. The lowest BCUT2D eigenvalue weighted by Crippen LogP contribution is -2.32. The van der Waals surface area contributed by atoms with Crippen molar-refractivity contribution in [2.24, 2.45) is 21.5 Å². The lowest BCUT2D eigenvalue weighted by atomic mass is 9.80. The van der Waals surface area contributed by atoms with Crippen LogP contribution in [0.3, 0.4) is 0 Å². The molecule has 0 aromatic heterocycles. The number of carbonyl (C=O) groups is 1. The fraction of sp³-hybridized carbons (Fsp3) is 0.357. The Morgan fingerprint density at radius 1 is 1.06 bits per heavy atom. The lowest BCUT2D eigenvalue weighted by Gasteiger charge is -2.21. The first-order valence-corrected chi connectivity index (χ1v) is 5.79. The van der Waals surface area contributed by atoms with E-state index in [1.54, 1.807) is 0 Å². The molecule has 3 nitrogen and oxygen atoms in total. The first-order valence-electron chi connectivity index (χ1n) is 5.79. The van der Waals surface area contributed by atoms with Crippen molar-refractivity contribution in [3.8, 4) is 0 Å². The zero-order valence-corrected chi connectivity index (χ0v) is 10.2. The van der Waals surface area contributed by atoms with E-state index in [0.29, 0.717) is 0 Å². The van der Waals surface area contributed by atoms with Gasteiger partial charge in [-0.3, -0.25) is 4.79 Å². The minimum Gasteiger partial charge on any atom is -0.293 e. The van der Waals surface area contributed by atoms with Crippen molar-refractivity contribution < 1.29 is 4.79 Å². The van der Waals surface area contributed by atoms with Crippen LogP contribution in [0.15, 0.2) is 34.5 Å². The Morgan fingerprint density at radius 3 is 2.35 bits per heavy atom. The highest BCUT2D eigenvalue weighted by molar-refractivity contribution is 6.39. The van der Waals surface area contributed by atoms with Crippen molar-refractivity contribution in [2.45, 2.75) is 20.8 Å². The number of hydrogen-bond donors (Lipinski definition) is 0. The van der Waals surface area contributed by atoms with Crippen LogP contribution >= 0.6 is 0 Å². The van der Waals surface area contributed by atoms with E-state index in [0.717, 1.165) is 22.6 Å². The normalized spacial score (nSPS) is 22.1. The van der Waals surface area contributed by atoms with Crippen LogP contribution in [0.4, 0.5) is 0 Å². The SMILES string of the molecule is CC(C)(C)C1=NN=C2c3ccccc3C(=O)[C@H]21. The van der Waals surface area contributed by atoms with Gasteiger partial charge in [-0.15, -0.1) is 0 Å². The van der Waals surface area contributed by atoms with Crippen LogP contribution in [0.5, 0.6) is 0 Å². The van der Waals surface area contributed by atoms with E-state index in [4.69, 9.17) is 0 Å². The number of nitrogens with zero attached hydrogens (tertiary/aromatic N) is 2. The molecule has 0 spiro atoms. The molecule has 0 bridgehead atoms. The number of hydrogen-bond acceptors (Lipinski definition) is 3. The van der Waals surface area contributed by atoms with E-state index in [2.05, 4.69) is 31.0 Å². The summed E-state index contributed by atoms with van der Waals surface area (Å²) in [7, 11) is 0. The highest BCUT2D eigenvalue weighted by Gasteiger charge is 2.45. The summed E-state index contributed by atoms with van der Waals surface area (Å²) in [6.45, 7) is 6.21. The van der Waals surface area contributed by atoms with Crippen LogP contribution in [-0.4, -0.2) is 17.2 Å². The lowest BCUT2D eigenvalue weighted by molar-refractivity contribution is 0.0983. The van der Waals surface area contributed by atoms with Gasteiger partial charge in [0, 0.05) is 16.5 Å². The molecular formula is C14H14N2O. The molecule has 1 aliphatic heterocycles. The largest absolute Gasteiger partial charge is 0.293 e. The predicted molar refractivity (Wildman–Crippen MR) is 67.7 cm³/mol. The molecule has 2 aliphatic rings. The Morgan fingerprint density at radius 2 is 1.71 bits per heavy atom. The molecule has 1 aromatic rings. The van der Waals surface area contributed by atoms with E-state index in [1.807, 2.05) is 24.3 Å². The van der Waals surface area contributed by atoms with Gasteiger partial charge in [0.25, 0.3) is 0 Å². The quantitative estimate of drug-likeness (QED) is 0.670. The minimum absolute atomic E-state index is 0.117. The second-order valence-electron chi connectivity index (χ2n) is 5.56. The maximum absolute atomic E-state index is 12.4. The van der Waals surface area contributed by atoms with Crippen molar-refractivity contribution in [2.75, 3.05) is 0 Å². The molecule has 0 saturated heterocycles. The van der Waals surface area contributed by atoms with Crippen LogP contribution in [0.25, 0.3) is 0 Å². The summed E-state index contributed by atoms with van der Waals surface area (Å²) < 4.78 is 0. The standard InChI is InChI=1S/C14H14N2O/c1-14(2,3)13-10-11(15-16-13)8-6-4-5-7-9(8)12(10)17/h4-7,10H,1-3H3/t10-/m0/s1. The molecule has 17 heavy (non-hydrogen) atoms. The van der Waals surface area contributed by atoms with Crippen LogP contribution in [0.2, 0.25) is 0 Å². The molecule has 3 rings (SSSR count). The molecule has 0 saturated carbocycles. The molecule has 0 unspecified atom stereocenters. The summed E-state index contributed by atoms with van der Waals surface area (Å²) in [4.78, 5) is 12.4. The molecule has 86 valence electrons. The fourth-order valence-corrected chi connectivity index (χ4v) is 2.47. The maximum atomic E-state index is 12.4. The summed E-state index contributed by atoms with van der Waals surface area (Å²) in [5, 5.41) is 8.45. The van der Waals surface area contributed by atoms with Gasteiger partial charge in [-0.25, -0.2) is 0 Å². The van der Waals surface area contributed by atoms with Crippen LogP contribution in [-0.2, 0) is 0 Å². The molecule has 1 heterocycles. The van der Waals surface area contributed by atoms with Crippen molar-refractivity contribution in [1.29, 1.82) is 0 Å². The van der Waals surface area contributed by atoms with Crippen LogP contribution in [0, 0.1) is 11.3 Å². The van der Waals surface area contributed by atoms with Crippen LogP contribution in [0.1, 0.15) is 36.7 Å². The summed E-state index contributed by atoms with van der Waals surface area (Å²) >= 11 is 0. The molecular weight excluding hydrogens is 212 g/mol. The van der Waals surface area contributed by atoms with Gasteiger partial charge in [-0.05, 0) is 0 Å². The third kappa shape index (κ3) is 1.32. The third-order valence-electron chi connectivity index (χ3n) is 3.31. The molecule has 1 aliphatic carbocycles. The second kappa shape index (κ2) is 3.13. The van der Waals surface area contributed by atoms with E-state index in [1.165, 1.54) is 0 Å². The average Bonchev–Trinajstić information content (AvgIpc) is 2.80. The Balaban J connectivity index is 2.13. The van der Waals surface area contributed by atoms with Crippen molar-refractivity contribution in [1.82, 2.24) is 0 Å². The number of ketones is 1. The summed E-state index contributed by atoms with van der Waals surface area (Å²) in [6.07, 6.45) is 0. The van der Waals surface area contributed by atoms with Gasteiger partial charge in [0.15, 0.2) is 5.78 Å². The van der Waals surface area contributed by atoms with Gasteiger partial charge in [-0.2, -0.15) is 10.2 Å². The zero-order chi connectivity index (χ0) is 12.2. The number of Topliss-reactive ketones (excluding diaryl/α,β-unsaturated/α-hetero) is 1. The van der Waals surface area contributed by atoms with E-state index in [9.17, 15) is 4.79 Å². The predicted octanol–water partition coefficient (Wildman–Crippen LogP) is 2.70. The van der Waals surface area contributed by atoms with E-state index >= 15 is 0 Å². The molecule has 0 fully saturated rings.